The van der Waals surface area contributed by atoms with Crippen molar-refractivity contribution in [1.29, 1.82) is 0 Å². The maximum absolute atomic E-state index is 13.0. The van der Waals surface area contributed by atoms with Gasteiger partial charge in [-0.1, -0.05) is 5.16 Å². The first-order valence-corrected chi connectivity index (χ1v) is 6.18. The highest BCUT2D eigenvalue weighted by molar-refractivity contribution is 5.80. The van der Waals surface area contributed by atoms with E-state index in [0.29, 0.717) is 0 Å². The van der Waals surface area contributed by atoms with E-state index in [1.165, 1.54) is 12.3 Å². The van der Waals surface area contributed by atoms with E-state index in [1.807, 2.05) is 0 Å². The average molecular weight is 288 g/mol. The molecule has 1 fully saturated rings. The molecule has 1 aliphatic rings. The Morgan fingerprint density at radius 3 is 2.75 bits per heavy atom. The second-order valence-corrected chi connectivity index (χ2v) is 4.64. The fraction of sp³-hybridized carbons (Fsp3) is 0.500. The Kier molecular flexibility index (Phi) is 4.01. The normalized spacial score (nSPS) is 16.2. The largest absolute Gasteiger partial charge is 0.419 e. The zero-order chi connectivity index (χ0) is 14.8. The van der Waals surface area contributed by atoms with Crippen LogP contribution in [0.4, 0.5) is 19.0 Å². The number of alkyl halides is 3. The summed E-state index contributed by atoms with van der Waals surface area (Å²) >= 11 is 0. The van der Waals surface area contributed by atoms with Gasteiger partial charge in [0.2, 0.25) is 0 Å². The van der Waals surface area contributed by atoms with Crippen molar-refractivity contribution in [3.05, 3.63) is 23.9 Å². The van der Waals surface area contributed by atoms with Gasteiger partial charge in [-0.3, -0.25) is 0 Å². The molecule has 1 aromatic rings. The van der Waals surface area contributed by atoms with Gasteiger partial charge in [0.1, 0.15) is 11.7 Å². The number of rotatable bonds is 5. The summed E-state index contributed by atoms with van der Waals surface area (Å²) in [5.41, 5.74) is 4.62. The summed E-state index contributed by atoms with van der Waals surface area (Å²) in [5.74, 6) is -0.103. The number of anilines is 1. The Bertz CT molecular complexity index is 500. The summed E-state index contributed by atoms with van der Waals surface area (Å²) in [7, 11) is 0. The number of oxime groups is 1. The first kappa shape index (κ1) is 14.4. The summed E-state index contributed by atoms with van der Waals surface area (Å²) in [4.78, 5) is 5.46. The Labute approximate surface area is 113 Å². The Hall–Kier alpha value is -1.99. The van der Waals surface area contributed by atoms with Gasteiger partial charge in [-0.15, -0.1) is 0 Å². The van der Waals surface area contributed by atoms with Gasteiger partial charge in [0.25, 0.3) is 0 Å². The molecule has 5 nitrogen and oxygen atoms in total. The van der Waals surface area contributed by atoms with Crippen molar-refractivity contribution in [2.24, 2.45) is 10.9 Å². The third-order valence-electron chi connectivity index (χ3n) is 3.09. The third-order valence-corrected chi connectivity index (χ3v) is 3.09. The number of nitrogens with zero attached hydrogens (tertiary/aromatic N) is 3. The molecule has 8 heteroatoms. The lowest BCUT2D eigenvalue weighted by atomic mass is 10.2. The molecule has 1 aromatic heterocycles. The first-order chi connectivity index (χ1) is 9.43. The average Bonchev–Trinajstić information content (AvgIpc) is 3.22. The summed E-state index contributed by atoms with van der Waals surface area (Å²) in [6, 6.07) is 2.32. The zero-order valence-electron chi connectivity index (χ0n) is 10.6. The number of hydrogen-bond donors (Lipinski definition) is 2. The van der Waals surface area contributed by atoms with E-state index in [0.717, 1.165) is 18.9 Å². The maximum Gasteiger partial charge on any atom is 0.419 e. The number of halogens is 3. The van der Waals surface area contributed by atoms with Crippen molar-refractivity contribution >= 4 is 11.7 Å². The van der Waals surface area contributed by atoms with Gasteiger partial charge in [0.15, 0.2) is 0 Å². The number of aromatic nitrogens is 1. The minimum Gasteiger partial charge on any atom is -0.409 e. The Balaban J connectivity index is 2.26. The molecule has 2 rings (SSSR count). The molecular weight excluding hydrogens is 273 g/mol. The minimum atomic E-state index is -4.45. The van der Waals surface area contributed by atoms with E-state index in [2.05, 4.69) is 10.1 Å². The van der Waals surface area contributed by atoms with Gasteiger partial charge in [-0.2, -0.15) is 13.2 Å². The van der Waals surface area contributed by atoms with Crippen LogP contribution in [0.2, 0.25) is 0 Å². The number of amidine groups is 1. The third kappa shape index (κ3) is 3.31. The lowest BCUT2D eigenvalue weighted by molar-refractivity contribution is -0.137. The zero-order valence-corrected chi connectivity index (χ0v) is 10.6. The van der Waals surface area contributed by atoms with Crippen LogP contribution >= 0.6 is 0 Å². The van der Waals surface area contributed by atoms with Crippen LogP contribution in [0.25, 0.3) is 0 Å². The Morgan fingerprint density at radius 2 is 2.20 bits per heavy atom. The molecule has 0 radical (unpaired) electrons. The van der Waals surface area contributed by atoms with Crippen LogP contribution in [0.3, 0.4) is 0 Å². The van der Waals surface area contributed by atoms with Crippen molar-refractivity contribution in [1.82, 2.24) is 4.98 Å². The lowest BCUT2D eigenvalue weighted by Crippen LogP contribution is -2.32. The van der Waals surface area contributed by atoms with E-state index in [9.17, 15) is 13.2 Å². The van der Waals surface area contributed by atoms with Crippen LogP contribution in [-0.2, 0) is 6.18 Å². The predicted octanol–water partition coefficient (Wildman–Crippen LogP) is 2.21. The van der Waals surface area contributed by atoms with Crippen LogP contribution in [0.1, 0.15) is 24.8 Å². The molecule has 0 saturated heterocycles. The second kappa shape index (κ2) is 5.56. The van der Waals surface area contributed by atoms with Crippen molar-refractivity contribution < 1.29 is 18.4 Å². The fourth-order valence-electron chi connectivity index (χ4n) is 1.98. The molecule has 0 spiro atoms. The SMILES string of the molecule is NC(CCN(c1ncccc1C(F)(F)F)C1CC1)=NO. The maximum atomic E-state index is 13.0. The van der Waals surface area contributed by atoms with E-state index >= 15 is 0 Å². The lowest BCUT2D eigenvalue weighted by Gasteiger charge is -2.26. The van der Waals surface area contributed by atoms with Gasteiger partial charge in [0.05, 0.1) is 5.56 Å². The van der Waals surface area contributed by atoms with Gasteiger partial charge < -0.3 is 15.8 Å². The van der Waals surface area contributed by atoms with Crippen molar-refractivity contribution in [2.45, 2.75) is 31.5 Å². The topological polar surface area (TPSA) is 74.7 Å². The van der Waals surface area contributed by atoms with E-state index < -0.39 is 11.7 Å². The minimum absolute atomic E-state index is 0.0138. The van der Waals surface area contributed by atoms with Gasteiger partial charge in [-0.05, 0) is 25.0 Å². The first-order valence-electron chi connectivity index (χ1n) is 6.18. The monoisotopic (exact) mass is 288 g/mol. The molecule has 0 atom stereocenters. The highest BCUT2D eigenvalue weighted by atomic mass is 19.4. The van der Waals surface area contributed by atoms with Crippen LogP contribution in [-0.4, -0.2) is 28.6 Å². The van der Waals surface area contributed by atoms with Gasteiger partial charge >= 0.3 is 6.18 Å². The second-order valence-electron chi connectivity index (χ2n) is 4.64. The van der Waals surface area contributed by atoms with Gasteiger partial charge in [-0.25, -0.2) is 4.98 Å². The van der Waals surface area contributed by atoms with Crippen molar-refractivity contribution in [3.8, 4) is 0 Å². The number of nitrogens with two attached hydrogens (primary N) is 1. The molecule has 20 heavy (non-hydrogen) atoms. The van der Waals surface area contributed by atoms with Crippen LogP contribution in [0, 0.1) is 0 Å². The van der Waals surface area contributed by atoms with Crippen LogP contribution in [0.15, 0.2) is 23.5 Å². The molecule has 0 amide bonds. The molecule has 3 N–H and O–H groups in total. The molecule has 1 saturated carbocycles. The summed E-state index contributed by atoms with van der Waals surface area (Å²) in [6.07, 6.45) is -1.29. The fourth-order valence-corrected chi connectivity index (χ4v) is 1.98. The summed E-state index contributed by atoms with van der Waals surface area (Å²) in [5, 5.41) is 11.3. The van der Waals surface area contributed by atoms with Crippen molar-refractivity contribution in [2.75, 3.05) is 11.4 Å². The van der Waals surface area contributed by atoms with E-state index in [1.54, 1.807) is 4.90 Å². The van der Waals surface area contributed by atoms with Crippen LogP contribution < -0.4 is 10.6 Å². The van der Waals surface area contributed by atoms with Crippen LogP contribution in [0.5, 0.6) is 0 Å². The number of hydrogen-bond acceptors (Lipinski definition) is 4. The molecule has 0 aromatic carbocycles. The molecule has 0 aliphatic heterocycles. The summed E-state index contributed by atoms with van der Waals surface area (Å²) < 4.78 is 39.0. The molecule has 0 unspecified atom stereocenters. The van der Waals surface area contributed by atoms with E-state index in [-0.39, 0.29) is 30.7 Å². The smallest absolute Gasteiger partial charge is 0.409 e. The molecule has 1 heterocycles. The molecule has 1 aliphatic carbocycles. The molecular formula is C12H15F3N4O. The highest BCUT2D eigenvalue weighted by Crippen LogP contribution is 2.39. The Morgan fingerprint density at radius 1 is 1.50 bits per heavy atom. The standard InChI is InChI=1S/C12H15F3N4O/c13-12(14,15)9-2-1-6-17-11(9)19(8-3-4-8)7-5-10(16)18-20/h1-2,6,8,20H,3-5,7H2,(H2,16,18). The van der Waals surface area contributed by atoms with E-state index in [4.69, 9.17) is 10.9 Å². The number of pyridine rings is 1. The molecule has 0 bridgehead atoms. The highest BCUT2D eigenvalue weighted by Gasteiger charge is 2.39. The molecule has 110 valence electrons. The van der Waals surface area contributed by atoms with Gasteiger partial charge in [0, 0.05) is 25.2 Å². The quantitative estimate of drug-likeness (QED) is 0.377. The van der Waals surface area contributed by atoms with Crippen molar-refractivity contribution in [3.63, 3.8) is 0 Å². The summed E-state index contributed by atoms with van der Waals surface area (Å²) in [6.45, 7) is 0.237. The predicted molar refractivity (Wildman–Crippen MR) is 67.6 cm³/mol.